The molecule has 2 aromatic carbocycles. The van der Waals surface area contributed by atoms with Crippen LogP contribution in [0.25, 0.3) is 11.1 Å². The summed E-state index contributed by atoms with van der Waals surface area (Å²) in [5.74, 6) is -0.232. The molecular formula is C23H29FN2O3. The third-order valence-electron chi connectivity index (χ3n) is 5.28. The van der Waals surface area contributed by atoms with Gasteiger partial charge < -0.3 is 9.84 Å². The second-order valence-corrected chi connectivity index (χ2v) is 7.70. The normalized spacial score (nSPS) is 19.9. The molecule has 0 spiro atoms. The number of β-amino-alcohol motifs (C(OH)–C–C–N with tert-alkyl or cyclic N) is 1. The molecule has 0 aromatic heterocycles. The van der Waals surface area contributed by atoms with E-state index in [-0.39, 0.29) is 11.9 Å². The number of nitroso groups, excluding NO2 is 1. The lowest BCUT2D eigenvalue weighted by Crippen LogP contribution is -2.45. The molecule has 29 heavy (non-hydrogen) atoms. The molecule has 0 aliphatic carbocycles. The third kappa shape index (κ3) is 6.70. The molecule has 1 N–H and O–H groups in total. The van der Waals surface area contributed by atoms with Gasteiger partial charge in [0.15, 0.2) is 0 Å². The van der Waals surface area contributed by atoms with Gasteiger partial charge in [-0.3, -0.25) is 4.90 Å². The molecule has 1 aliphatic rings. The fourth-order valence-electron chi connectivity index (χ4n) is 3.80. The van der Waals surface area contributed by atoms with E-state index in [0.29, 0.717) is 38.3 Å². The minimum absolute atomic E-state index is 0.232. The molecule has 1 heterocycles. The highest BCUT2D eigenvalue weighted by Crippen LogP contribution is 2.23. The predicted octanol–water partition coefficient (Wildman–Crippen LogP) is 4.38. The fourth-order valence-corrected chi connectivity index (χ4v) is 3.80. The van der Waals surface area contributed by atoms with Crippen LogP contribution in [0, 0.1) is 10.7 Å². The molecule has 2 atom stereocenters. The van der Waals surface area contributed by atoms with E-state index in [1.54, 1.807) is 12.1 Å². The van der Waals surface area contributed by atoms with E-state index in [2.05, 4.69) is 10.1 Å². The van der Waals surface area contributed by atoms with E-state index < -0.39 is 6.10 Å². The second kappa shape index (κ2) is 11.1. The van der Waals surface area contributed by atoms with Crippen molar-refractivity contribution in [2.24, 2.45) is 5.18 Å². The smallest absolute Gasteiger partial charge is 0.131 e. The average molecular weight is 400 g/mol. The number of ether oxygens (including phenoxy) is 1. The highest BCUT2D eigenvalue weighted by atomic mass is 19.1. The number of hydrogen-bond acceptors (Lipinski definition) is 5. The number of rotatable bonds is 10. The Hall–Kier alpha value is -2.15. The van der Waals surface area contributed by atoms with Crippen LogP contribution < -0.4 is 0 Å². The lowest BCUT2D eigenvalue weighted by molar-refractivity contribution is 0.0588. The van der Waals surface area contributed by atoms with Crippen molar-refractivity contribution in [3.8, 4) is 11.1 Å². The minimum atomic E-state index is -0.455. The van der Waals surface area contributed by atoms with Crippen molar-refractivity contribution in [3.63, 3.8) is 0 Å². The van der Waals surface area contributed by atoms with Gasteiger partial charge in [0.05, 0.1) is 12.7 Å². The van der Waals surface area contributed by atoms with Gasteiger partial charge in [-0.05, 0) is 43.0 Å². The van der Waals surface area contributed by atoms with Gasteiger partial charge >= 0.3 is 0 Å². The first-order valence-electron chi connectivity index (χ1n) is 10.3. The van der Waals surface area contributed by atoms with Crippen LogP contribution in [0.1, 0.15) is 31.2 Å². The number of benzene rings is 2. The number of aliphatic hydroxyl groups excluding tert-OH is 1. The summed E-state index contributed by atoms with van der Waals surface area (Å²) in [5, 5.41) is 12.9. The molecule has 156 valence electrons. The summed E-state index contributed by atoms with van der Waals surface area (Å²) in [6, 6.07) is 14.5. The van der Waals surface area contributed by atoms with Gasteiger partial charge in [-0.2, -0.15) is 4.91 Å². The molecule has 1 fully saturated rings. The molecule has 0 saturated carbocycles. The molecule has 1 aliphatic heterocycles. The van der Waals surface area contributed by atoms with Crippen LogP contribution in [0.3, 0.4) is 0 Å². The van der Waals surface area contributed by atoms with Crippen LogP contribution in [0.5, 0.6) is 0 Å². The molecule has 3 rings (SSSR count). The summed E-state index contributed by atoms with van der Waals surface area (Å²) in [6.45, 7) is 3.14. The molecule has 1 unspecified atom stereocenters. The number of aliphatic hydroxyl groups is 1. The molecule has 5 nitrogen and oxygen atoms in total. The standard InChI is InChI=1S/C23H29FN2O3/c24-23-13-18(9-10-22(23)19-7-3-1-4-8-19)17-29-12-6-2-5-11-26-15-20(25-28)14-21(27)16-26/h1,3-4,7-10,13,20-21,27H,2,5-6,11-12,14-17H2/t20?,21-/m1/s1. The highest BCUT2D eigenvalue weighted by Gasteiger charge is 2.25. The van der Waals surface area contributed by atoms with E-state index in [0.717, 1.165) is 36.9 Å². The number of halogens is 1. The Labute approximate surface area is 171 Å². The van der Waals surface area contributed by atoms with E-state index >= 15 is 0 Å². The first kappa shape index (κ1) is 21.6. The maximum atomic E-state index is 14.4. The average Bonchev–Trinajstić information content (AvgIpc) is 2.73. The van der Waals surface area contributed by atoms with Crippen molar-refractivity contribution in [2.75, 3.05) is 26.2 Å². The second-order valence-electron chi connectivity index (χ2n) is 7.70. The number of piperidine rings is 1. The van der Waals surface area contributed by atoms with E-state index in [1.165, 1.54) is 0 Å². The van der Waals surface area contributed by atoms with Crippen LogP contribution in [0.4, 0.5) is 4.39 Å². The van der Waals surface area contributed by atoms with E-state index in [1.807, 2.05) is 36.4 Å². The number of nitrogens with zero attached hydrogens (tertiary/aromatic N) is 2. The first-order chi connectivity index (χ1) is 14.2. The molecule has 2 aromatic rings. The topological polar surface area (TPSA) is 62.1 Å². The van der Waals surface area contributed by atoms with Gasteiger partial charge in [0.1, 0.15) is 11.9 Å². The van der Waals surface area contributed by atoms with Crippen molar-refractivity contribution in [2.45, 2.75) is 44.4 Å². The Morgan fingerprint density at radius 2 is 1.93 bits per heavy atom. The lowest BCUT2D eigenvalue weighted by atomic mass is 10.0. The summed E-state index contributed by atoms with van der Waals surface area (Å²) in [5.41, 5.74) is 2.30. The first-order valence-corrected chi connectivity index (χ1v) is 10.3. The Bertz CT molecular complexity index is 772. The van der Waals surface area contributed by atoms with Gasteiger partial charge in [-0.15, -0.1) is 0 Å². The summed E-state index contributed by atoms with van der Waals surface area (Å²) < 4.78 is 20.1. The zero-order valence-electron chi connectivity index (χ0n) is 16.7. The zero-order valence-corrected chi connectivity index (χ0v) is 16.7. The minimum Gasteiger partial charge on any atom is -0.392 e. The molecule has 6 heteroatoms. The Morgan fingerprint density at radius 1 is 1.10 bits per heavy atom. The Kier molecular flexibility index (Phi) is 8.28. The van der Waals surface area contributed by atoms with Crippen molar-refractivity contribution < 1.29 is 14.2 Å². The maximum absolute atomic E-state index is 14.4. The van der Waals surface area contributed by atoms with Crippen LogP contribution >= 0.6 is 0 Å². The predicted molar refractivity (Wildman–Crippen MR) is 112 cm³/mol. The molecule has 0 radical (unpaired) electrons. The Balaban J connectivity index is 1.32. The van der Waals surface area contributed by atoms with Crippen molar-refractivity contribution in [3.05, 3.63) is 64.8 Å². The summed E-state index contributed by atoms with van der Waals surface area (Å²) >= 11 is 0. The summed E-state index contributed by atoms with van der Waals surface area (Å²) in [6.07, 6.45) is 2.94. The summed E-state index contributed by atoms with van der Waals surface area (Å²) in [7, 11) is 0. The van der Waals surface area contributed by atoms with Gasteiger partial charge in [0, 0.05) is 31.7 Å². The van der Waals surface area contributed by atoms with Gasteiger partial charge in [0.2, 0.25) is 0 Å². The van der Waals surface area contributed by atoms with Gasteiger partial charge in [-0.1, -0.05) is 47.6 Å². The SMILES string of the molecule is O=NC1C[C@@H](O)CN(CCCCCOCc2ccc(-c3ccccc3)c(F)c2)C1. The largest absolute Gasteiger partial charge is 0.392 e. The van der Waals surface area contributed by atoms with Gasteiger partial charge in [0.25, 0.3) is 0 Å². The molecular weight excluding hydrogens is 371 g/mol. The number of unbranched alkanes of at least 4 members (excludes halogenated alkanes) is 2. The number of hydrogen-bond donors (Lipinski definition) is 1. The van der Waals surface area contributed by atoms with Crippen LogP contribution in [0.15, 0.2) is 53.7 Å². The van der Waals surface area contributed by atoms with Gasteiger partial charge in [-0.25, -0.2) is 4.39 Å². The van der Waals surface area contributed by atoms with Crippen molar-refractivity contribution in [1.82, 2.24) is 4.90 Å². The zero-order chi connectivity index (χ0) is 20.5. The number of likely N-dealkylation sites (tertiary alicyclic amines) is 1. The lowest BCUT2D eigenvalue weighted by Gasteiger charge is -2.32. The van der Waals surface area contributed by atoms with Crippen molar-refractivity contribution >= 4 is 0 Å². The van der Waals surface area contributed by atoms with E-state index in [4.69, 9.17) is 4.74 Å². The van der Waals surface area contributed by atoms with Crippen LogP contribution in [-0.4, -0.2) is 48.4 Å². The van der Waals surface area contributed by atoms with Crippen LogP contribution in [0.2, 0.25) is 0 Å². The molecule has 1 saturated heterocycles. The van der Waals surface area contributed by atoms with Crippen LogP contribution in [-0.2, 0) is 11.3 Å². The molecule has 0 bridgehead atoms. The highest BCUT2D eigenvalue weighted by molar-refractivity contribution is 5.64. The monoisotopic (exact) mass is 400 g/mol. The molecule has 0 amide bonds. The van der Waals surface area contributed by atoms with Crippen molar-refractivity contribution in [1.29, 1.82) is 0 Å². The Morgan fingerprint density at radius 3 is 2.69 bits per heavy atom. The third-order valence-corrected chi connectivity index (χ3v) is 5.28. The maximum Gasteiger partial charge on any atom is 0.131 e. The quantitative estimate of drug-likeness (QED) is 0.475. The fraction of sp³-hybridized carbons (Fsp3) is 0.478. The summed E-state index contributed by atoms with van der Waals surface area (Å²) in [4.78, 5) is 12.8. The van der Waals surface area contributed by atoms with E-state index in [9.17, 15) is 14.4 Å².